The molecule has 0 aliphatic carbocycles. The fraction of sp³-hybridized carbons (Fsp3) is 0.200. The van der Waals surface area contributed by atoms with Gasteiger partial charge in [-0.15, -0.1) is 0 Å². The Morgan fingerprint density at radius 3 is 2.09 bits per heavy atom. The largest absolute Gasteiger partial charge is 0.416 e. The second-order valence-corrected chi connectivity index (χ2v) is 10.2. The number of carbonyl (C=O) groups excluding carboxylic acids is 2. The number of carbonyl (C=O) groups is 2. The highest BCUT2D eigenvalue weighted by atomic mass is 32.2. The molecule has 6 nitrogen and oxygen atoms in total. The van der Waals surface area contributed by atoms with Crippen LogP contribution < -0.4 is 4.72 Å². The molecule has 0 spiro atoms. The van der Waals surface area contributed by atoms with E-state index in [2.05, 4.69) is 4.72 Å². The number of hydrogen-bond acceptors (Lipinski definition) is 4. The number of hydrogen-bond donors (Lipinski definition) is 1. The predicted octanol–water partition coefficient (Wildman–Crippen LogP) is 4.39. The first-order valence-corrected chi connectivity index (χ1v) is 12.1. The predicted molar refractivity (Wildman–Crippen MR) is 123 cm³/mol. The van der Waals surface area contributed by atoms with E-state index in [4.69, 9.17) is 0 Å². The monoisotopic (exact) mass is 502 g/mol. The van der Waals surface area contributed by atoms with Crippen LogP contribution in [0.5, 0.6) is 0 Å². The first-order chi connectivity index (χ1) is 16.5. The summed E-state index contributed by atoms with van der Waals surface area (Å²) in [6.45, 7) is 0.569. The Hall–Kier alpha value is -3.66. The molecule has 1 fully saturated rings. The summed E-state index contributed by atoms with van der Waals surface area (Å²) in [6.07, 6.45) is -3.14. The summed E-state index contributed by atoms with van der Waals surface area (Å²) < 4.78 is 65.4. The Kier molecular flexibility index (Phi) is 6.42. The van der Waals surface area contributed by atoms with Gasteiger partial charge in [0.15, 0.2) is 0 Å². The first-order valence-electron chi connectivity index (χ1n) is 10.6. The molecule has 1 aliphatic heterocycles. The molecule has 10 heteroatoms. The Morgan fingerprint density at radius 2 is 1.54 bits per heavy atom. The minimum absolute atomic E-state index is 0.149. The molecule has 1 N–H and O–H groups in total. The average molecular weight is 503 g/mol. The van der Waals surface area contributed by atoms with Crippen molar-refractivity contribution in [2.45, 2.75) is 17.5 Å². The average Bonchev–Trinajstić information content (AvgIpc) is 2.81. The van der Waals surface area contributed by atoms with Crippen LogP contribution in [-0.4, -0.2) is 38.6 Å². The maximum atomic E-state index is 12.8. The van der Waals surface area contributed by atoms with Crippen LogP contribution in [0, 0.1) is 5.41 Å². The van der Waals surface area contributed by atoms with E-state index < -0.39 is 27.2 Å². The van der Waals surface area contributed by atoms with Crippen LogP contribution in [0.4, 0.5) is 18.9 Å². The molecule has 182 valence electrons. The van der Waals surface area contributed by atoms with E-state index in [1.54, 1.807) is 4.90 Å². The Bertz CT molecular complexity index is 1320. The van der Waals surface area contributed by atoms with E-state index >= 15 is 0 Å². The van der Waals surface area contributed by atoms with Crippen molar-refractivity contribution in [2.75, 3.05) is 17.8 Å². The van der Waals surface area contributed by atoms with Gasteiger partial charge in [-0.3, -0.25) is 9.52 Å². The van der Waals surface area contributed by atoms with Gasteiger partial charge < -0.3 is 9.69 Å². The lowest BCUT2D eigenvalue weighted by Crippen LogP contribution is -2.60. The van der Waals surface area contributed by atoms with Gasteiger partial charge in [0, 0.05) is 24.3 Å². The first kappa shape index (κ1) is 24.5. The van der Waals surface area contributed by atoms with Gasteiger partial charge >= 0.3 is 6.18 Å². The molecule has 3 aromatic rings. The van der Waals surface area contributed by atoms with Gasteiger partial charge in [0.25, 0.3) is 15.9 Å². The molecule has 0 saturated carbocycles. The number of anilines is 1. The van der Waals surface area contributed by atoms with E-state index in [-0.39, 0.29) is 29.6 Å². The van der Waals surface area contributed by atoms with E-state index in [0.717, 1.165) is 24.0 Å². The smallest absolute Gasteiger partial charge is 0.336 e. The van der Waals surface area contributed by atoms with Gasteiger partial charge in [0.05, 0.1) is 15.9 Å². The molecule has 1 amide bonds. The van der Waals surface area contributed by atoms with Crippen LogP contribution >= 0.6 is 0 Å². The van der Waals surface area contributed by atoms with E-state index in [9.17, 15) is 31.2 Å². The highest BCUT2D eigenvalue weighted by Crippen LogP contribution is 2.34. The zero-order chi connectivity index (χ0) is 25.3. The normalized spacial score (nSPS) is 15.2. The second-order valence-electron chi connectivity index (χ2n) is 8.51. The van der Waals surface area contributed by atoms with Crippen LogP contribution in [-0.2, 0) is 27.4 Å². The van der Waals surface area contributed by atoms with Crippen molar-refractivity contribution in [2.24, 2.45) is 5.41 Å². The number of nitrogens with one attached hydrogen (secondary N) is 1. The second kappa shape index (κ2) is 9.18. The molecule has 0 bridgehead atoms. The van der Waals surface area contributed by atoms with Crippen molar-refractivity contribution >= 4 is 27.9 Å². The summed E-state index contributed by atoms with van der Waals surface area (Å²) in [5.74, 6) is -0.285. The molecule has 35 heavy (non-hydrogen) atoms. The third kappa shape index (κ3) is 5.37. The van der Waals surface area contributed by atoms with E-state index in [1.165, 1.54) is 24.3 Å². The van der Waals surface area contributed by atoms with Crippen LogP contribution in [0.25, 0.3) is 0 Å². The van der Waals surface area contributed by atoms with Gasteiger partial charge in [-0.05, 0) is 60.5 Å². The van der Waals surface area contributed by atoms with Crippen LogP contribution in [0.1, 0.15) is 21.5 Å². The fourth-order valence-electron chi connectivity index (χ4n) is 3.99. The topological polar surface area (TPSA) is 83.6 Å². The highest BCUT2D eigenvalue weighted by Gasteiger charge is 2.45. The summed E-state index contributed by atoms with van der Waals surface area (Å²) >= 11 is 0. The minimum atomic E-state index is -4.57. The molecule has 1 aliphatic rings. The van der Waals surface area contributed by atoms with E-state index in [0.29, 0.717) is 24.1 Å². The lowest BCUT2D eigenvalue weighted by atomic mass is 9.76. The third-order valence-corrected chi connectivity index (χ3v) is 7.22. The van der Waals surface area contributed by atoms with Crippen molar-refractivity contribution in [1.82, 2.24) is 4.90 Å². The summed E-state index contributed by atoms with van der Waals surface area (Å²) in [6, 6.07) is 18.4. The standard InChI is InChI=1S/C25H21F3N2O4S/c26-25(27,28)20-8-12-22(13-9-20)35(33,34)29-21-10-6-19(7-11-21)23(32)30-15-24(16-30,17-31)14-18-4-2-1-3-5-18/h1-13,17,29H,14-16H2. The molecular formula is C25H21F3N2O4S. The van der Waals surface area contributed by atoms with Gasteiger partial charge in [0.2, 0.25) is 0 Å². The number of likely N-dealkylation sites (tertiary alicyclic amines) is 1. The lowest BCUT2D eigenvalue weighted by molar-refractivity contribution is -0.137. The fourth-order valence-corrected chi connectivity index (χ4v) is 5.05. The Balaban J connectivity index is 1.39. The zero-order valence-corrected chi connectivity index (χ0v) is 19.1. The number of nitrogens with zero attached hydrogens (tertiary/aromatic N) is 1. The molecule has 4 rings (SSSR count). The lowest BCUT2D eigenvalue weighted by Gasteiger charge is -2.47. The number of amides is 1. The van der Waals surface area contributed by atoms with E-state index in [1.807, 2.05) is 30.3 Å². The molecule has 1 saturated heterocycles. The van der Waals surface area contributed by atoms with Crippen molar-refractivity contribution in [3.05, 3.63) is 95.6 Å². The number of aldehydes is 1. The number of sulfonamides is 1. The van der Waals surface area contributed by atoms with Gasteiger partial charge in [-0.2, -0.15) is 13.2 Å². The summed E-state index contributed by atoms with van der Waals surface area (Å²) in [5, 5.41) is 0. The maximum Gasteiger partial charge on any atom is 0.416 e. The molecule has 0 atom stereocenters. The Labute approximate surface area is 200 Å². The minimum Gasteiger partial charge on any atom is -0.336 e. The SMILES string of the molecule is O=CC1(Cc2ccccc2)CN(C(=O)c2ccc(NS(=O)(=O)c3ccc(C(F)(F)F)cc3)cc2)C1. The molecule has 1 heterocycles. The molecule has 0 radical (unpaired) electrons. The number of halogens is 3. The van der Waals surface area contributed by atoms with Crippen molar-refractivity contribution in [3.63, 3.8) is 0 Å². The van der Waals surface area contributed by atoms with Crippen molar-refractivity contribution < 1.29 is 31.2 Å². The molecule has 3 aromatic carbocycles. The number of alkyl halides is 3. The molecular weight excluding hydrogens is 481 g/mol. The Morgan fingerprint density at radius 1 is 0.943 bits per heavy atom. The van der Waals surface area contributed by atoms with Crippen molar-refractivity contribution in [3.8, 4) is 0 Å². The molecule has 0 aromatic heterocycles. The maximum absolute atomic E-state index is 12.8. The van der Waals surface area contributed by atoms with Crippen LogP contribution in [0.2, 0.25) is 0 Å². The van der Waals surface area contributed by atoms with Crippen LogP contribution in [0.3, 0.4) is 0 Å². The summed E-state index contributed by atoms with van der Waals surface area (Å²) in [4.78, 5) is 25.7. The summed E-state index contributed by atoms with van der Waals surface area (Å²) in [5.41, 5.74) is -0.101. The number of benzene rings is 3. The quantitative estimate of drug-likeness (QED) is 0.486. The van der Waals surface area contributed by atoms with Gasteiger partial charge in [0.1, 0.15) is 6.29 Å². The highest BCUT2D eigenvalue weighted by molar-refractivity contribution is 7.92. The van der Waals surface area contributed by atoms with Crippen LogP contribution in [0.15, 0.2) is 83.8 Å². The zero-order valence-electron chi connectivity index (χ0n) is 18.3. The van der Waals surface area contributed by atoms with Gasteiger partial charge in [-0.1, -0.05) is 30.3 Å². The summed E-state index contributed by atoms with van der Waals surface area (Å²) in [7, 11) is -4.12. The molecule has 0 unspecified atom stereocenters. The van der Waals surface area contributed by atoms with Crippen molar-refractivity contribution in [1.29, 1.82) is 0 Å². The third-order valence-electron chi connectivity index (χ3n) is 5.82. The van der Waals surface area contributed by atoms with Gasteiger partial charge in [-0.25, -0.2) is 8.42 Å². The number of rotatable bonds is 7.